The van der Waals surface area contributed by atoms with E-state index in [1.807, 2.05) is 0 Å². The molecule has 5 heteroatoms. The maximum absolute atomic E-state index is 8.65. The fourth-order valence-corrected chi connectivity index (χ4v) is 3.36. The van der Waals surface area contributed by atoms with Crippen molar-refractivity contribution < 1.29 is 5.21 Å². The third-order valence-electron chi connectivity index (χ3n) is 4.38. The second-order valence-corrected chi connectivity index (χ2v) is 5.56. The van der Waals surface area contributed by atoms with Gasteiger partial charge in [-0.25, -0.2) is 0 Å². The highest BCUT2D eigenvalue weighted by atomic mass is 16.4. The molecule has 0 radical (unpaired) electrons. The normalized spacial score (nSPS) is 31.3. The van der Waals surface area contributed by atoms with E-state index >= 15 is 0 Å². The van der Waals surface area contributed by atoms with Crippen molar-refractivity contribution in [1.29, 1.82) is 0 Å². The number of oxime groups is 1. The maximum atomic E-state index is 8.65. The largest absolute Gasteiger partial charge is 0.409 e. The minimum atomic E-state index is 0.327. The molecular weight excluding hydrogens is 228 g/mol. The van der Waals surface area contributed by atoms with Crippen LogP contribution >= 0.6 is 0 Å². The number of amidine groups is 1. The Morgan fingerprint density at radius 2 is 2.28 bits per heavy atom. The molecule has 4 N–H and O–H groups in total. The lowest BCUT2D eigenvalue weighted by Gasteiger charge is -2.34. The first kappa shape index (κ1) is 13.6. The lowest BCUT2D eigenvalue weighted by molar-refractivity contribution is 0.176. The van der Waals surface area contributed by atoms with Crippen LogP contribution in [0.2, 0.25) is 0 Å². The van der Waals surface area contributed by atoms with Gasteiger partial charge in [0.25, 0.3) is 0 Å². The zero-order valence-electron chi connectivity index (χ0n) is 11.3. The summed E-state index contributed by atoms with van der Waals surface area (Å²) in [5, 5.41) is 15.4. The predicted molar refractivity (Wildman–Crippen MR) is 72.9 cm³/mol. The summed E-state index contributed by atoms with van der Waals surface area (Å²) >= 11 is 0. The Hall–Kier alpha value is -0.810. The van der Waals surface area contributed by atoms with E-state index in [1.54, 1.807) is 0 Å². The van der Waals surface area contributed by atoms with E-state index in [4.69, 9.17) is 10.9 Å². The van der Waals surface area contributed by atoms with E-state index in [0.717, 1.165) is 6.42 Å². The van der Waals surface area contributed by atoms with E-state index in [9.17, 15) is 0 Å². The first-order valence-electron chi connectivity index (χ1n) is 7.21. The maximum Gasteiger partial charge on any atom is 0.140 e. The topological polar surface area (TPSA) is 73.9 Å². The third-order valence-corrected chi connectivity index (χ3v) is 4.38. The lowest BCUT2D eigenvalue weighted by atomic mass is 9.97. The molecule has 18 heavy (non-hydrogen) atoms. The molecule has 3 atom stereocenters. The number of nitrogens with one attached hydrogen (secondary N) is 1. The first-order valence-corrected chi connectivity index (χ1v) is 7.21. The van der Waals surface area contributed by atoms with Crippen LogP contribution in [0.25, 0.3) is 0 Å². The zero-order chi connectivity index (χ0) is 13.0. The first-order chi connectivity index (χ1) is 8.74. The number of nitrogens with two attached hydrogens (primary N) is 1. The van der Waals surface area contributed by atoms with Gasteiger partial charge >= 0.3 is 0 Å². The summed E-state index contributed by atoms with van der Waals surface area (Å²) in [6.07, 6.45) is 6.91. The standard InChI is InChI=1S/C13H26N4O/c1-2-10(9-13(14)16-18)15-11-6-8-17-7-4-3-5-12(11)17/h10-12,15,18H,2-9H2,1H3,(H2,14,16). The summed E-state index contributed by atoms with van der Waals surface area (Å²) in [5.41, 5.74) is 5.61. The SMILES string of the molecule is CCC(CC(N)=NO)NC1CCN2CCCCC12. The molecule has 0 spiro atoms. The van der Waals surface area contributed by atoms with Gasteiger partial charge in [-0.1, -0.05) is 18.5 Å². The van der Waals surface area contributed by atoms with Gasteiger partial charge in [-0.05, 0) is 32.2 Å². The van der Waals surface area contributed by atoms with Crippen LogP contribution in [0, 0.1) is 0 Å². The molecule has 0 amide bonds. The number of hydrogen-bond acceptors (Lipinski definition) is 4. The number of fused-ring (bicyclic) bond motifs is 1. The average molecular weight is 254 g/mol. The van der Waals surface area contributed by atoms with E-state index in [0.29, 0.717) is 30.4 Å². The van der Waals surface area contributed by atoms with Crippen LogP contribution in [0.3, 0.4) is 0 Å². The summed E-state index contributed by atoms with van der Waals surface area (Å²) in [4.78, 5) is 2.62. The van der Waals surface area contributed by atoms with Crippen LogP contribution < -0.4 is 11.1 Å². The highest BCUT2D eigenvalue weighted by Gasteiger charge is 2.36. The number of nitrogens with zero attached hydrogens (tertiary/aromatic N) is 2. The summed E-state index contributed by atoms with van der Waals surface area (Å²) in [5.74, 6) is 0.327. The molecule has 3 unspecified atom stereocenters. The molecule has 0 aromatic heterocycles. The molecule has 2 aliphatic heterocycles. The molecule has 0 aromatic rings. The van der Waals surface area contributed by atoms with Crippen molar-refractivity contribution in [3.63, 3.8) is 0 Å². The molecule has 5 nitrogen and oxygen atoms in total. The Bertz CT molecular complexity index is 295. The van der Waals surface area contributed by atoms with Gasteiger partial charge in [0.1, 0.15) is 5.84 Å². The highest BCUT2D eigenvalue weighted by molar-refractivity contribution is 5.80. The fraction of sp³-hybridized carbons (Fsp3) is 0.923. The molecule has 0 bridgehead atoms. The molecule has 0 aliphatic carbocycles. The van der Waals surface area contributed by atoms with Crippen molar-refractivity contribution in [3.05, 3.63) is 0 Å². The zero-order valence-corrected chi connectivity index (χ0v) is 11.3. The average Bonchev–Trinajstić information content (AvgIpc) is 2.81. The lowest BCUT2D eigenvalue weighted by Crippen LogP contribution is -2.48. The van der Waals surface area contributed by atoms with Crippen LogP contribution in [-0.4, -0.2) is 47.2 Å². The molecule has 0 saturated carbocycles. The van der Waals surface area contributed by atoms with Crippen molar-refractivity contribution in [1.82, 2.24) is 10.2 Å². The minimum Gasteiger partial charge on any atom is -0.409 e. The van der Waals surface area contributed by atoms with Crippen LogP contribution in [0.5, 0.6) is 0 Å². The van der Waals surface area contributed by atoms with Crippen LogP contribution in [0.1, 0.15) is 45.4 Å². The molecule has 2 fully saturated rings. The van der Waals surface area contributed by atoms with Gasteiger partial charge in [-0.3, -0.25) is 4.90 Å². The van der Waals surface area contributed by atoms with E-state index in [1.165, 1.54) is 38.8 Å². The molecular formula is C13H26N4O. The van der Waals surface area contributed by atoms with Gasteiger partial charge in [-0.15, -0.1) is 0 Å². The van der Waals surface area contributed by atoms with Crippen LogP contribution in [0.15, 0.2) is 5.16 Å². The quantitative estimate of drug-likeness (QED) is 0.297. The predicted octanol–water partition coefficient (Wildman–Crippen LogP) is 1.12. The van der Waals surface area contributed by atoms with Crippen LogP contribution in [-0.2, 0) is 0 Å². The van der Waals surface area contributed by atoms with Crippen molar-refractivity contribution in [2.75, 3.05) is 13.1 Å². The monoisotopic (exact) mass is 254 g/mol. The Morgan fingerprint density at radius 3 is 3.00 bits per heavy atom. The number of piperidine rings is 1. The molecule has 104 valence electrons. The van der Waals surface area contributed by atoms with Gasteiger partial charge in [0, 0.05) is 31.1 Å². The number of hydrogen-bond donors (Lipinski definition) is 3. The Morgan fingerprint density at radius 1 is 1.44 bits per heavy atom. The second-order valence-electron chi connectivity index (χ2n) is 5.56. The summed E-state index contributed by atoms with van der Waals surface area (Å²) in [7, 11) is 0. The van der Waals surface area contributed by atoms with Gasteiger partial charge in [-0.2, -0.15) is 0 Å². The Labute approximate surface area is 109 Å². The van der Waals surface area contributed by atoms with Gasteiger partial charge < -0.3 is 16.3 Å². The molecule has 0 aromatic carbocycles. The second kappa shape index (κ2) is 6.38. The van der Waals surface area contributed by atoms with Gasteiger partial charge in [0.05, 0.1) is 0 Å². The Kier molecular flexibility index (Phi) is 4.83. The summed E-state index contributed by atoms with van der Waals surface area (Å²) < 4.78 is 0. The van der Waals surface area contributed by atoms with Crippen molar-refractivity contribution >= 4 is 5.84 Å². The summed E-state index contributed by atoms with van der Waals surface area (Å²) in [6.45, 7) is 4.64. The van der Waals surface area contributed by atoms with Gasteiger partial charge in [0.15, 0.2) is 0 Å². The summed E-state index contributed by atoms with van der Waals surface area (Å²) in [6, 6.07) is 1.62. The van der Waals surface area contributed by atoms with Crippen molar-refractivity contribution in [3.8, 4) is 0 Å². The molecule has 2 heterocycles. The van der Waals surface area contributed by atoms with Crippen molar-refractivity contribution in [2.24, 2.45) is 10.9 Å². The third kappa shape index (κ3) is 3.14. The molecule has 2 saturated heterocycles. The van der Waals surface area contributed by atoms with E-state index < -0.39 is 0 Å². The number of rotatable bonds is 5. The molecule has 2 rings (SSSR count). The fourth-order valence-electron chi connectivity index (χ4n) is 3.36. The van der Waals surface area contributed by atoms with Crippen LogP contribution in [0.4, 0.5) is 0 Å². The minimum absolute atomic E-state index is 0.327. The van der Waals surface area contributed by atoms with E-state index in [2.05, 4.69) is 22.3 Å². The highest BCUT2D eigenvalue weighted by Crippen LogP contribution is 2.27. The van der Waals surface area contributed by atoms with Gasteiger partial charge in [0.2, 0.25) is 0 Å². The van der Waals surface area contributed by atoms with Crippen molar-refractivity contribution in [2.45, 2.75) is 63.6 Å². The van der Waals surface area contributed by atoms with E-state index in [-0.39, 0.29) is 0 Å². The smallest absolute Gasteiger partial charge is 0.140 e. The Balaban J connectivity index is 1.87. The molecule has 2 aliphatic rings.